The highest BCUT2D eigenvalue weighted by molar-refractivity contribution is 5.46. The summed E-state index contributed by atoms with van der Waals surface area (Å²) in [6.45, 7) is 7.38. The maximum atomic E-state index is 9.28. The Morgan fingerprint density at radius 1 is 1.36 bits per heavy atom. The molecule has 2 nitrogen and oxygen atoms in total. The number of piperidine rings is 1. The van der Waals surface area contributed by atoms with Gasteiger partial charge in [-0.2, -0.15) is 5.26 Å². The lowest BCUT2D eigenvalue weighted by molar-refractivity contribution is 0.0180. The summed E-state index contributed by atoms with van der Waals surface area (Å²) in [5.41, 5.74) is 4.12. The Bertz CT molecular complexity index is 625. The fourth-order valence-electron chi connectivity index (χ4n) is 5.17. The van der Waals surface area contributed by atoms with Crippen LogP contribution >= 0.6 is 0 Å². The van der Waals surface area contributed by atoms with E-state index in [1.54, 1.807) is 0 Å². The Kier molecular flexibility index (Phi) is 3.31. The highest BCUT2D eigenvalue weighted by Crippen LogP contribution is 2.51. The van der Waals surface area contributed by atoms with Gasteiger partial charge in [-0.3, -0.25) is 4.90 Å². The predicted octanol–water partition coefficient (Wildman–Crippen LogP) is 3.88. The average Bonchev–Trinajstić information content (AvgIpc) is 3.35. The Hall–Kier alpha value is -1.33. The molecule has 0 unspecified atom stereocenters. The van der Waals surface area contributed by atoms with Crippen LogP contribution in [-0.4, -0.2) is 24.0 Å². The summed E-state index contributed by atoms with van der Waals surface area (Å²) >= 11 is 0. The minimum Gasteiger partial charge on any atom is -0.299 e. The van der Waals surface area contributed by atoms with Crippen molar-refractivity contribution in [3.05, 3.63) is 34.9 Å². The number of nitrogens with zero attached hydrogens (tertiary/aromatic N) is 2. The third-order valence-corrected chi connectivity index (χ3v) is 6.79. The largest absolute Gasteiger partial charge is 0.299 e. The van der Waals surface area contributed by atoms with Gasteiger partial charge in [0.1, 0.15) is 0 Å². The SMILES string of the molecule is CC[C@@]12CCN(CC3CC3)[C@@H](Cc3ccc(C#N)cc31)[C@H]2C. The lowest BCUT2D eigenvalue weighted by Gasteiger charge is -2.56. The first-order chi connectivity index (χ1) is 10.7. The van der Waals surface area contributed by atoms with Gasteiger partial charge in [-0.1, -0.05) is 19.9 Å². The maximum Gasteiger partial charge on any atom is 0.0991 e. The predicted molar refractivity (Wildman–Crippen MR) is 88.7 cm³/mol. The Balaban J connectivity index is 1.75. The van der Waals surface area contributed by atoms with Crippen molar-refractivity contribution in [3.63, 3.8) is 0 Å². The number of likely N-dealkylation sites (tertiary alicyclic amines) is 1. The molecule has 1 heterocycles. The van der Waals surface area contributed by atoms with Crippen LogP contribution in [0.3, 0.4) is 0 Å². The molecule has 0 radical (unpaired) electrons. The van der Waals surface area contributed by atoms with E-state index in [-0.39, 0.29) is 0 Å². The van der Waals surface area contributed by atoms with E-state index in [2.05, 4.69) is 36.9 Å². The highest BCUT2D eigenvalue weighted by atomic mass is 15.2. The normalized spacial score (nSPS) is 34.0. The molecule has 1 aromatic carbocycles. The lowest BCUT2D eigenvalue weighted by Crippen LogP contribution is -2.59. The van der Waals surface area contributed by atoms with Crippen molar-refractivity contribution >= 4 is 0 Å². The number of hydrogen-bond acceptors (Lipinski definition) is 2. The topological polar surface area (TPSA) is 27.0 Å². The molecule has 0 aromatic heterocycles. The molecule has 1 aliphatic heterocycles. The Morgan fingerprint density at radius 2 is 2.18 bits per heavy atom. The van der Waals surface area contributed by atoms with Crippen molar-refractivity contribution in [2.24, 2.45) is 11.8 Å². The van der Waals surface area contributed by atoms with E-state index in [0.29, 0.717) is 17.4 Å². The first-order valence-corrected chi connectivity index (χ1v) is 8.95. The van der Waals surface area contributed by atoms with Crippen molar-refractivity contribution < 1.29 is 0 Å². The molecule has 4 rings (SSSR count). The summed E-state index contributed by atoms with van der Waals surface area (Å²) in [5.74, 6) is 1.68. The summed E-state index contributed by atoms with van der Waals surface area (Å²) in [7, 11) is 0. The maximum absolute atomic E-state index is 9.28. The molecule has 3 aliphatic rings. The van der Waals surface area contributed by atoms with E-state index >= 15 is 0 Å². The van der Waals surface area contributed by atoms with E-state index in [1.165, 1.54) is 56.3 Å². The average molecular weight is 294 g/mol. The van der Waals surface area contributed by atoms with Crippen molar-refractivity contribution in [3.8, 4) is 6.07 Å². The molecule has 0 amide bonds. The highest BCUT2D eigenvalue weighted by Gasteiger charge is 2.50. The zero-order valence-corrected chi connectivity index (χ0v) is 13.8. The van der Waals surface area contributed by atoms with Crippen molar-refractivity contribution in [1.29, 1.82) is 5.26 Å². The van der Waals surface area contributed by atoms with Gasteiger partial charge in [0.2, 0.25) is 0 Å². The standard InChI is InChI=1S/C20H26N2/c1-3-20-8-9-22(13-15-4-5-15)19(14(20)2)11-17-7-6-16(12-21)10-18(17)20/h6-7,10,14-15,19H,3-5,8-9,11,13H2,1-2H3/t14-,19+,20+/m1/s1. The fourth-order valence-corrected chi connectivity index (χ4v) is 5.17. The van der Waals surface area contributed by atoms with Crippen LogP contribution in [0.15, 0.2) is 18.2 Å². The third-order valence-electron chi connectivity index (χ3n) is 6.79. The molecular formula is C20H26N2. The smallest absolute Gasteiger partial charge is 0.0991 e. The van der Waals surface area contributed by atoms with Crippen molar-refractivity contribution in [1.82, 2.24) is 4.90 Å². The summed E-state index contributed by atoms with van der Waals surface area (Å²) < 4.78 is 0. The summed E-state index contributed by atoms with van der Waals surface area (Å²) in [4.78, 5) is 2.79. The van der Waals surface area contributed by atoms with Gasteiger partial charge in [-0.15, -0.1) is 0 Å². The van der Waals surface area contributed by atoms with Crippen LogP contribution in [0.1, 0.15) is 56.2 Å². The number of nitriles is 1. The van der Waals surface area contributed by atoms with E-state index in [1.807, 2.05) is 6.07 Å². The summed E-state index contributed by atoms with van der Waals surface area (Å²) in [6, 6.07) is 9.49. The molecule has 1 saturated heterocycles. The van der Waals surface area contributed by atoms with Gasteiger partial charge in [0, 0.05) is 18.0 Å². The molecule has 116 valence electrons. The van der Waals surface area contributed by atoms with Crippen LogP contribution in [-0.2, 0) is 11.8 Å². The second-order valence-electron chi connectivity index (χ2n) is 7.74. The third kappa shape index (κ3) is 2.02. The van der Waals surface area contributed by atoms with Crippen LogP contribution in [0.25, 0.3) is 0 Å². The van der Waals surface area contributed by atoms with Gasteiger partial charge in [0.15, 0.2) is 0 Å². The molecule has 3 atom stereocenters. The lowest BCUT2D eigenvalue weighted by atomic mass is 9.56. The van der Waals surface area contributed by atoms with Crippen LogP contribution in [0.2, 0.25) is 0 Å². The van der Waals surface area contributed by atoms with Gasteiger partial charge in [-0.05, 0) is 73.7 Å². The molecule has 0 spiro atoms. The molecule has 2 aliphatic carbocycles. The minimum atomic E-state index is 0.297. The van der Waals surface area contributed by atoms with E-state index < -0.39 is 0 Å². The second kappa shape index (κ2) is 5.10. The fraction of sp³-hybridized carbons (Fsp3) is 0.650. The van der Waals surface area contributed by atoms with Crippen LogP contribution in [0.5, 0.6) is 0 Å². The van der Waals surface area contributed by atoms with Gasteiger partial charge in [-0.25, -0.2) is 0 Å². The number of benzene rings is 1. The molecule has 22 heavy (non-hydrogen) atoms. The minimum absolute atomic E-state index is 0.297. The molecule has 2 bridgehead atoms. The summed E-state index contributed by atoms with van der Waals surface area (Å²) in [5, 5.41) is 9.28. The van der Waals surface area contributed by atoms with E-state index in [9.17, 15) is 5.26 Å². The molecular weight excluding hydrogens is 268 g/mol. The first kappa shape index (κ1) is 14.3. The molecule has 2 heteroatoms. The Labute approximate surface area is 134 Å². The van der Waals surface area contributed by atoms with Gasteiger partial charge < -0.3 is 0 Å². The molecule has 1 saturated carbocycles. The number of hydrogen-bond donors (Lipinski definition) is 0. The van der Waals surface area contributed by atoms with E-state index in [0.717, 1.165) is 11.5 Å². The number of fused-ring (bicyclic) bond motifs is 4. The summed E-state index contributed by atoms with van der Waals surface area (Å²) in [6.07, 6.45) is 6.52. The van der Waals surface area contributed by atoms with Gasteiger partial charge in [0.05, 0.1) is 11.6 Å². The zero-order valence-electron chi connectivity index (χ0n) is 13.8. The Morgan fingerprint density at radius 3 is 2.86 bits per heavy atom. The number of rotatable bonds is 3. The van der Waals surface area contributed by atoms with Gasteiger partial charge >= 0.3 is 0 Å². The van der Waals surface area contributed by atoms with Crippen LogP contribution < -0.4 is 0 Å². The van der Waals surface area contributed by atoms with Crippen molar-refractivity contribution in [2.45, 2.75) is 57.4 Å². The second-order valence-corrected chi connectivity index (χ2v) is 7.74. The first-order valence-electron chi connectivity index (χ1n) is 8.95. The van der Waals surface area contributed by atoms with Gasteiger partial charge in [0.25, 0.3) is 0 Å². The quantitative estimate of drug-likeness (QED) is 0.846. The molecule has 1 aromatic rings. The van der Waals surface area contributed by atoms with Crippen LogP contribution in [0, 0.1) is 23.2 Å². The van der Waals surface area contributed by atoms with Crippen molar-refractivity contribution in [2.75, 3.05) is 13.1 Å². The van der Waals surface area contributed by atoms with E-state index in [4.69, 9.17) is 0 Å². The monoisotopic (exact) mass is 294 g/mol. The zero-order chi connectivity index (χ0) is 15.3. The molecule has 2 fully saturated rings. The molecule has 0 N–H and O–H groups in total. The van der Waals surface area contributed by atoms with Crippen LogP contribution in [0.4, 0.5) is 0 Å².